The van der Waals surface area contributed by atoms with E-state index >= 15 is 0 Å². The molecule has 1 atom stereocenters. The highest BCUT2D eigenvalue weighted by Crippen LogP contribution is 2.42. The second-order valence-corrected chi connectivity index (χ2v) is 3.56. The summed E-state index contributed by atoms with van der Waals surface area (Å²) >= 11 is 0. The SMILES string of the molecule is COCc1ccc([C@](F)(CF)C(F)(F)F)cc1. The van der Waals surface area contributed by atoms with Crippen LogP contribution in [0.25, 0.3) is 0 Å². The number of hydrogen-bond acceptors (Lipinski definition) is 1. The van der Waals surface area contributed by atoms with Crippen LogP contribution in [0.3, 0.4) is 0 Å². The Balaban J connectivity index is 3.05. The third-order valence-electron chi connectivity index (χ3n) is 2.36. The summed E-state index contributed by atoms with van der Waals surface area (Å²) in [5.41, 5.74) is -4.11. The number of methoxy groups -OCH3 is 1. The van der Waals surface area contributed by atoms with E-state index in [0.717, 1.165) is 12.1 Å². The number of halogens is 5. The van der Waals surface area contributed by atoms with Crippen molar-refractivity contribution in [3.8, 4) is 0 Å². The molecule has 1 rings (SSSR count). The van der Waals surface area contributed by atoms with Crippen molar-refractivity contribution in [2.75, 3.05) is 13.8 Å². The highest BCUT2D eigenvalue weighted by molar-refractivity contribution is 5.28. The van der Waals surface area contributed by atoms with Crippen LogP contribution < -0.4 is 0 Å². The fourth-order valence-electron chi connectivity index (χ4n) is 1.35. The summed E-state index contributed by atoms with van der Waals surface area (Å²) in [6.07, 6.45) is -5.27. The molecule has 96 valence electrons. The standard InChI is InChI=1S/C11H11F5O/c1-17-6-8-2-4-9(5-3-8)10(13,7-12)11(14,15)16/h2-5H,6-7H2,1H3/t10-/m1/s1. The molecule has 0 unspecified atom stereocenters. The van der Waals surface area contributed by atoms with Crippen LogP contribution >= 0.6 is 0 Å². The predicted octanol–water partition coefficient (Wildman–Crippen LogP) is 3.53. The maximum absolute atomic E-state index is 13.5. The van der Waals surface area contributed by atoms with Gasteiger partial charge in [-0.25, -0.2) is 8.78 Å². The summed E-state index contributed by atoms with van der Waals surface area (Å²) in [5.74, 6) is 0. The van der Waals surface area contributed by atoms with Gasteiger partial charge in [0.1, 0.15) is 6.67 Å². The lowest BCUT2D eigenvalue weighted by Crippen LogP contribution is -2.40. The van der Waals surface area contributed by atoms with Gasteiger partial charge in [-0.2, -0.15) is 13.2 Å². The third-order valence-corrected chi connectivity index (χ3v) is 2.36. The van der Waals surface area contributed by atoms with Crippen molar-refractivity contribution in [2.45, 2.75) is 18.5 Å². The van der Waals surface area contributed by atoms with Crippen molar-refractivity contribution >= 4 is 0 Å². The quantitative estimate of drug-likeness (QED) is 0.747. The van der Waals surface area contributed by atoms with Crippen LogP contribution in [0.2, 0.25) is 0 Å². The van der Waals surface area contributed by atoms with Crippen LogP contribution in [0.5, 0.6) is 0 Å². The summed E-state index contributed by atoms with van der Waals surface area (Å²) in [6.45, 7) is -1.94. The monoisotopic (exact) mass is 254 g/mol. The van der Waals surface area contributed by atoms with Gasteiger partial charge in [-0.3, -0.25) is 0 Å². The Hall–Kier alpha value is -1.17. The van der Waals surface area contributed by atoms with Crippen LogP contribution in [0.1, 0.15) is 11.1 Å². The van der Waals surface area contributed by atoms with Crippen molar-refractivity contribution in [3.63, 3.8) is 0 Å². The van der Waals surface area contributed by atoms with Gasteiger partial charge in [0.2, 0.25) is 0 Å². The number of alkyl halides is 5. The molecule has 0 N–H and O–H groups in total. The minimum absolute atomic E-state index is 0.196. The Kier molecular flexibility index (Phi) is 4.08. The van der Waals surface area contributed by atoms with Gasteiger partial charge in [-0.1, -0.05) is 24.3 Å². The molecule has 0 aromatic heterocycles. The second kappa shape index (κ2) is 5.00. The Bertz CT molecular complexity index is 359. The first-order valence-corrected chi connectivity index (χ1v) is 4.75. The normalized spacial score (nSPS) is 15.6. The van der Waals surface area contributed by atoms with Crippen LogP contribution in [0, 0.1) is 0 Å². The fraction of sp³-hybridized carbons (Fsp3) is 0.455. The van der Waals surface area contributed by atoms with Gasteiger partial charge in [0.15, 0.2) is 0 Å². The molecule has 0 bridgehead atoms. The van der Waals surface area contributed by atoms with Gasteiger partial charge < -0.3 is 4.74 Å². The van der Waals surface area contributed by atoms with Crippen LogP contribution in [0.4, 0.5) is 22.0 Å². The molecule has 17 heavy (non-hydrogen) atoms. The minimum Gasteiger partial charge on any atom is -0.380 e. The molecule has 0 amide bonds. The van der Waals surface area contributed by atoms with Crippen molar-refractivity contribution in [3.05, 3.63) is 35.4 Å². The Morgan fingerprint density at radius 1 is 1.06 bits per heavy atom. The van der Waals surface area contributed by atoms with Gasteiger partial charge in [0, 0.05) is 12.7 Å². The van der Waals surface area contributed by atoms with E-state index in [2.05, 4.69) is 0 Å². The first kappa shape index (κ1) is 13.9. The van der Waals surface area contributed by atoms with E-state index in [-0.39, 0.29) is 6.61 Å². The molecule has 0 radical (unpaired) electrons. The smallest absolute Gasteiger partial charge is 0.380 e. The van der Waals surface area contributed by atoms with Gasteiger partial charge in [0.05, 0.1) is 6.61 Å². The second-order valence-electron chi connectivity index (χ2n) is 3.56. The Morgan fingerprint density at radius 3 is 1.94 bits per heavy atom. The molecule has 0 aliphatic heterocycles. The maximum atomic E-state index is 13.5. The molecule has 0 saturated carbocycles. The van der Waals surface area contributed by atoms with Crippen molar-refractivity contribution < 1.29 is 26.7 Å². The zero-order chi connectivity index (χ0) is 13.1. The van der Waals surface area contributed by atoms with E-state index in [1.807, 2.05) is 0 Å². The Labute approximate surface area is 95.2 Å². The molecule has 0 aliphatic carbocycles. The van der Waals surface area contributed by atoms with Crippen molar-refractivity contribution in [2.24, 2.45) is 0 Å². The Morgan fingerprint density at radius 2 is 1.59 bits per heavy atom. The molecule has 0 aliphatic rings. The number of hydrogen-bond donors (Lipinski definition) is 0. The average molecular weight is 254 g/mol. The van der Waals surface area contributed by atoms with Crippen molar-refractivity contribution in [1.29, 1.82) is 0 Å². The topological polar surface area (TPSA) is 9.23 Å². The highest BCUT2D eigenvalue weighted by atomic mass is 19.4. The lowest BCUT2D eigenvalue weighted by atomic mass is 9.95. The van der Waals surface area contributed by atoms with E-state index in [9.17, 15) is 22.0 Å². The first-order valence-electron chi connectivity index (χ1n) is 4.75. The lowest BCUT2D eigenvalue weighted by Gasteiger charge is -2.25. The van der Waals surface area contributed by atoms with E-state index in [1.54, 1.807) is 0 Å². The van der Waals surface area contributed by atoms with Crippen LogP contribution in [-0.2, 0) is 17.0 Å². The molecule has 0 spiro atoms. The average Bonchev–Trinajstić information content (AvgIpc) is 2.28. The summed E-state index contributed by atoms with van der Waals surface area (Å²) in [4.78, 5) is 0. The molecule has 6 heteroatoms. The van der Waals surface area contributed by atoms with Crippen LogP contribution in [-0.4, -0.2) is 20.0 Å². The highest BCUT2D eigenvalue weighted by Gasteiger charge is 2.57. The molecule has 1 aromatic carbocycles. The lowest BCUT2D eigenvalue weighted by molar-refractivity contribution is -0.240. The molecule has 1 nitrogen and oxygen atoms in total. The first-order chi connectivity index (χ1) is 7.85. The van der Waals surface area contributed by atoms with Gasteiger partial charge in [-0.15, -0.1) is 0 Å². The van der Waals surface area contributed by atoms with E-state index in [1.165, 1.54) is 19.2 Å². The van der Waals surface area contributed by atoms with E-state index in [4.69, 9.17) is 4.74 Å². The molecular weight excluding hydrogens is 243 g/mol. The van der Waals surface area contributed by atoms with E-state index in [0.29, 0.717) is 5.56 Å². The number of benzene rings is 1. The summed E-state index contributed by atoms with van der Waals surface area (Å²) in [7, 11) is 1.42. The zero-order valence-corrected chi connectivity index (χ0v) is 9.02. The summed E-state index contributed by atoms with van der Waals surface area (Å²) in [6, 6.07) is 4.38. The largest absolute Gasteiger partial charge is 0.429 e. The maximum Gasteiger partial charge on any atom is 0.429 e. The number of rotatable bonds is 4. The molecule has 0 saturated heterocycles. The summed E-state index contributed by atoms with van der Waals surface area (Å²) in [5, 5.41) is 0. The van der Waals surface area contributed by atoms with Crippen molar-refractivity contribution in [1.82, 2.24) is 0 Å². The third kappa shape index (κ3) is 2.74. The predicted molar refractivity (Wildman–Crippen MR) is 52.0 cm³/mol. The molecule has 0 fully saturated rings. The molecule has 0 heterocycles. The number of ether oxygens (including phenoxy) is 1. The molecule has 1 aromatic rings. The van der Waals surface area contributed by atoms with Gasteiger partial charge >= 0.3 is 6.18 Å². The van der Waals surface area contributed by atoms with Crippen LogP contribution in [0.15, 0.2) is 24.3 Å². The fourth-order valence-corrected chi connectivity index (χ4v) is 1.35. The van der Waals surface area contributed by atoms with Gasteiger partial charge in [0.25, 0.3) is 5.67 Å². The minimum atomic E-state index is -5.27. The zero-order valence-electron chi connectivity index (χ0n) is 9.02. The summed E-state index contributed by atoms with van der Waals surface area (Å²) < 4.78 is 67.9. The van der Waals surface area contributed by atoms with E-state index < -0.39 is 24.1 Å². The molecular formula is C11H11F5O. The van der Waals surface area contributed by atoms with Gasteiger partial charge in [-0.05, 0) is 5.56 Å².